The summed E-state index contributed by atoms with van der Waals surface area (Å²) in [7, 11) is -2.25. The first kappa shape index (κ1) is 11.4. The summed E-state index contributed by atoms with van der Waals surface area (Å²) >= 11 is 0. The summed E-state index contributed by atoms with van der Waals surface area (Å²) in [5.41, 5.74) is 0. The van der Waals surface area contributed by atoms with Crippen molar-refractivity contribution in [2.45, 2.75) is 25.3 Å². The fourth-order valence-corrected chi connectivity index (χ4v) is 2.45. The Morgan fingerprint density at radius 1 is 1.43 bits per heavy atom. The smallest absolute Gasteiger partial charge is 0.308 e. The quantitative estimate of drug-likeness (QED) is 0.585. The molecule has 6 nitrogen and oxygen atoms in total. The van der Waals surface area contributed by atoms with Gasteiger partial charge in [-0.25, -0.2) is 4.72 Å². The Morgan fingerprint density at radius 2 is 2.07 bits per heavy atom. The number of carbonyl (C=O) groups is 1. The Labute approximate surface area is 82.9 Å². The fourth-order valence-electron chi connectivity index (χ4n) is 1.65. The van der Waals surface area contributed by atoms with Gasteiger partial charge in [0.2, 0.25) is 0 Å². The number of nitrogens with one attached hydrogen (secondary N) is 2. The third-order valence-electron chi connectivity index (χ3n) is 2.41. The van der Waals surface area contributed by atoms with Crippen LogP contribution >= 0.6 is 0 Å². The van der Waals surface area contributed by atoms with Crippen LogP contribution in [0.15, 0.2) is 0 Å². The minimum Gasteiger partial charge on any atom is -0.481 e. The molecular weight excluding hydrogens is 208 g/mol. The summed E-state index contributed by atoms with van der Waals surface area (Å²) in [6, 6.07) is -0.482. The maximum absolute atomic E-state index is 11.1. The second kappa shape index (κ2) is 4.24. The maximum Gasteiger partial charge on any atom is 0.308 e. The van der Waals surface area contributed by atoms with Crippen LogP contribution in [0.4, 0.5) is 0 Å². The second-order valence-electron chi connectivity index (χ2n) is 3.31. The van der Waals surface area contributed by atoms with Crippen LogP contribution in [0.1, 0.15) is 19.3 Å². The molecule has 82 valence electrons. The third kappa shape index (κ3) is 2.66. The lowest BCUT2D eigenvalue weighted by Gasteiger charge is -2.16. The molecule has 7 heteroatoms. The Hall–Kier alpha value is -0.660. The zero-order valence-corrected chi connectivity index (χ0v) is 8.67. The molecule has 0 saturated heterocycles. The van der Waals surface area contributed by atoms with Gasteiger partial charge in [-0.3, -0.25) is 4.79 Å². The van der Waals surface area contributed by atoms with Crippen molar-refractivity contribution in [2.24, 2.45) is 5.92 Å². The van der Waals surface area contributed by atoms with E-state index in [4.69, 9.17) is 5.11 Å². The molecule has 1 saturated carbocycles. The van der Waals surface area contributed by atoms with Gasteiger partial charge >= 0.3 is 5.97 Å². The van der Waals surface area contributed by atoms with Gasteiger partial charge in [0.15, 0.2) is 0 Å². The van der Waals surface area contributed by atoms with Gasteiger partial charge in [0.1, 0.15) is 0 Å². The Balaban J connectivity index is 2.65. The SMILES string of the molecule is CNS(=O)(=O)NC1CCCC1C(=O)O. The highest BCUT2D eigenvalue weighted by Crippen LogP contribution is 2.26. The van der Waals surface area contributed by atoms with Gasteiger partial charge in [0, 0.05) is 13.1 Å². The highest BCUT2D eigenvalue weighted by atomic mass is 32.2. The Morgan fingerprint density at radius 3 is 2.57 bits per heavy atom. The number of carboxylic acids is 1. The number of hydrogen-bond donors (Lipinski definition) is 3. The van der Waals surface area contributed by atoms with Gasteiger partial charge in [0.05, 0.1) is 5.92 Å². The van der Waals surface area contributed by atoms with Crippen molar-refractivity contribution in [3.8, 4) is 0 Å². The van der Waals surface area contributed by atoms with Crippen molar-refractivity contribution in [1.29, 1.82) is 0 Å². The molecule has 0 aliphatic heterocycles. The van der Waals surface area contributed by atoms with Crippen molar-refractivity contribution in [1.82, 2.24) is 9.44 Å². The number of aliphatic carboxylic acids is 1. The molecular formula is C7H14N2O4S. The van der Waals surface area contributed by atoms with E-state index in [2.05, 4.69) is 9.44 Å². The first-order valence-corrected chi connectivity index (χ1v) is 5.88. The van der Waals surface area contributed by atoms with E-state index in [1.807, 2.05) is 0 Å². The molecule has 1 aliphatic rings. The molecule has 0 aromatic rings. The maximum atomic E-state index is 11.1. The summed E-state index contributed by atoms with van der Waals surface area (Å²) in [5, 5.41) is 8.80. The predicted octanol–water partition coefficient (Wildman–Crippen LogP) is -0.707. The normalized spacial score (nSPS) is 27.8. The molecule has 14 heavy (non-hydrogen) atoms. The Bertz CT molecular complexity index is 314. The van der Waals surface area contributed by atoms with E-state index in [1.165, 1.54) is 7.05 Å². The van der Waals surface area contributed by atoms with Gasteiger partial charge in [-0.15, -0.1) is 0 Å². The zero-order valence-electron chi connectivity index (χ0n) is 7.86. The van der Waals surface area contributed by atoms with Crippen molar-refractivity contribution < 1.29 is 18.3 Å². The zero-order chi connectivity index (χ0) is 10.8. The highest BCUT2D eigenvalue weighted by molar-refractivity contribution is 7.87. The van der Waals surface area contributed by atoms with Crippen molar-refractivity contribution in [3.05, 3.63) is 0 Å². The van der Waals surface area contributed by atoms with Gasteiger partial charge in [0.25, 0.3) is 10.2 Å². The average Bonchev–Trinajstić information content (AvgIpc) is 2.51. The standard InChI is InChI=1S/C7H14N2O4S/c1-8-14(12,13)9-6-4-2-3-5(6)7(10)11/h5-6,8-9H,2-4H2,1H3,(H,10,11). The van der Waals surface area contributed by atoms with Gasteiger partial charge in [-0.1, -0.05) is 6.42 Å². The van der Waals surface area contributed by atoms with Crippen LogP contribution in [0.2, 0.25) is 0 Å². The van der Waals surface area contributed by atoms with Crippen molar-refractivity contribution >= 4 is 16.2 Å². The number of rotatable bonds is 4. The van der Waals surface area contributed by atoms with E-state index in [0.717, 1.165) is 6.42 Å². The van der Waals surface area contributed by atoms with Gasteiger partial charge in [-0.2, -0.15) is 13.1 Å². The molecule has 0 radical (unpaired) electrons. The molecule has 0 bridgehead atoms. The fraction of sp³-hybridized carbons (Fsp3) is 0.857. The van der Waals surface area contributed by atoms with E-state index in [9.17, 15) is 13.2 Å². The molecule has 0 aromatic carbocycles. The molecule has 0 aromatic heterocycles. The van der Waals surface area contributed by atoms with Crippen molar-refractivity contribution in [3.63, 3.8) is 0 Å². The lowest BCUT2D eigenvalue weighted by Crippen LogP contribution is -2.44. The van der Waals surface area contributed by atoms with E-state index in [1.54, 1.807) is 0 Å². The summed E-state index contributed by atoms with van der Waals surface area (Å²) in [6.07, 6.45) is 1.86. The minimum atomic E-state index is -3.53. The minimum absolute atomic E-state index is 0.482. The van der Waals surface area contributed by atoms with E-state index in [-0.39, 0.29) is 0 Å². The number of hydrogen-bond acceptors (Lipinski definition) is 3. The third-order valence-corrected chi connectivity index (χ3v) is 3.56. The van der Waals surface area contributed by atoms with E-state index < -0.39 is 28.1 Å². The molecule has 1 rings (SSSR count). The molecule has 1 fully saturated rings. The van der Waals surface area contributed by atoms with Crippen LogP contribution in [0.5, 0.6) is 0 Å². The molecule has 0 heterocycles. The van der Waals surface area contributed by atoms with Crippen LogP contribution in [0.3, 0.4) is 0 Å². The second-order valence-corrected chi connectivity index (χ2v) is 4.96. The summed E-state index contributed by atoms with van der Waals surface area (Å²) < 4.78 is 26.6. The molecule has 2 unspecified atom stereocenters. The first-order valence-electron chi connectivity index (χ1n) is 4.40. The summed E-state index contributed by atoms with van der Waals surface area (Å²) in [4.78, 5) is 10.7. The first-order chi connectivity index (χ1) is 6.46. The molecule has 0 spiro atoms. The van der Waals surface area contributed by atoms with Crippen LogP contribution in [-0.2, 0) is 15.0 Å². The highest BCUT2D eigenvalue weighted by Gasteiger charge is 2.34. The van der Waals surface area contributed by atoms with Crippen LogP contribution in [0, 0.1) is 5.92 Å². The molecule has 0 amide bonds. The molecule has 2 atom stereocenters. The molecule has 1 aliphatic carbocycles. The van der Waals surface area contributed by atoms with E-state index >= 15 is 0 Å². The lowest BCUT2D eigenvalue weighted by molar-refractivity contribution is -0.141. The topological polar surface area (TPSA) is 95.5 Å². The molecule has 3 N–H and O–H groups in total. The summed E-state index contributed by atoms with van der Waals surface area (Å²) in [5.74, 6) is -1.54. The lowest BCUT2D eigenvalue weighted by atomic mass is 10.1. The van der Waals surface area contributed by atoms with Crippen LogP contribution < -0.4 is 9.44 Å². The number of carboxylic acid groups (broad SMARTS) is 1. The van der Waals surface area contributed by atoms with Crippen LogP contribution in [0.25, 0.3) is 0 Å². The monoisotopic (exact) mass is 222 g/mol. The van der Waals surface area contributed by atoms with Gasteiger partial charge < -0.3 is 5.11 Å². The van der Waals surface area contributed by atoms with Crippen LogP contribution in [-0.4, -0.2) is 32.6 Å². The van der Waals surface area contributed by atoms with E-state index in [0.29, 0.717) is 12.8 Å². The average molecular weight is 222 g/mol. The summed E-state index contributed by atoms with van der Waals surface area (Å²) in [6.45, 7) is 0. The van der Waals surface area contributed by atoms with Crippen molar-refractivity contribution in [2.75, 3.05) is 7.05 Å². The van der Waals surface area contributed by atoms with Gasteiger partial charge in [-0.05, 0) is 12.8 Å². The largest absolute Gasteiger partial charge is 0.481 e. The predicted molar refractivity (Wildman–Crippen MR) is 49.9 cm³/mol. The Kier molecular flexibility index (Phi) is 3.46.